The molecule has 0 saturated heterocycles. The van der Waals surface area contributed by atoms with Gasteiger partial charge >= 0.3 is 5.97 Å². The summed E-state index contributed by atoms with van der Waals surface area (Å²) in [5, 5.41) is 8.17. The van der Waals surface area contributed by atoms with E-state index in [9.17, 15) is 4.79 Å². The third-order valence-corrected chi connectivity index (χ3v) is 1.19. The predicted octanol–water partition coefficient (Wildman–Crippen LogP) is 1.04. The molecule has 0 bridgehead atoms. The van der Waals surface area contributed by atoms with Crippen molar-refractivity contribution in [2.45, 2.75) is 0 Å². The lowest BCUT2D eigenvalue weighted by Crippen LogP contribution is -1.92. The summed E-state index contributed by atoms with van der Waals surface area (Å²) < 4.78 is 5.35. The summed E-state index contributed by atoms with van der Waals surface area (Å²) in [4.78, 5) is 9.95. The fraction of sp³-hybridized carbons (Fsp3) is 0.400. The van der Waals surface area contributed by atoms with Crippen LogP contribution in [-0.4, -0.2) is 24.8 Å². The van der Waals surface area contributed by atoms with Crippen molar-refractivity contribution in [3.63, 3.8) is 0 Å². The zero-order valence-electron chi connectivity index (χ0n) is 4.93. The van der Waals surface area contributed by atoms with Gasteiger partial charge in [-0.2, -0.15) is 0 Å². The largest absolute Gasteiger partial charge is 0.478 e. The molecule has 0 aliphatic rings. The minimum Gasteiger partial charge on any atom is -0.478 e. The Hall–Kier alpha value is -0.100. The van der Waals surface area contributed by atoms with Crippen LogP contribution in [0.15, 0.2) is 9.66 Å². The molecule has 0 aromatic heterocycles. The maximum atomic E-state index is 9.95. The van der Waals surface area contributed by atoms with Crippen molar-refractivity contribution in [1.29, 1.82) is 0 Å². The Morgan fingerprint density at radius 2 is 2.44 bits per heavy atom. The van der Waals surface area contributed by atoms with Crippen molar-refractivity contribution in [2.24, 2.45) is 0 Å². The van der Waals surface area contributed by atoms with Crippen molar-refractivity contribution < 1.29 is 14.6 Å². The highest BCUT2D eigenvalue weighted by molar-refractivity contribution is 14.1. The van der Waals surface area contributed by atoms with Crippen molar-refractivity contribution in [2.75, 3.05) is 13.7 Å². The summed E-state index contributed by atoms with van der Waals surface area (Å²) in [7, 11) is 1.52. The van der Waals surface area contributed by atoms with Crippen molar-refractivity contribution >= 4 is 28.6 Å². The fourth-order valence-corrected chi connectivity index (χ4v) is 0.891. The average molecular weight is 242 g/mol. The smallest absolute Gasteiger partial charge is 0.329 e. The zero-order chi connectivity index (χ0) is 7.28. The second-order valence-corrected chi connectivity index (χ2v) is 2.75. The number of hydrogen-bond acceptors (Lipinski definition) is 2. The van der Waals surface area contributed by atoms with E-state index in [4.69, 9.17) is 5.11 Å². The van der Waals surface area contributed by atoms with Crippen LogP contribution in [-0.2, 0) is 9.53 Å². The number of ether oxygens (including phenoxy) is 1. The first-order chi connectivity index (χ1) is 4.16. The van der Waals surface area contributed by atoms with Gasteiger partial charge < -0.3 is 9.84 Å². The molecule has 1 N–H and O–H groups in total. The Morgan fingerprint density at radius 1 is 1.89 bits per heavy atom. The zero-order valence-corrected chi connectivity index (χ0v) is 7.08. The van der Waals surface area contributed by atoms with E-state index in [1.54, 1.807) is 0 Å². The monoisotopic (exact) mass is 242 g/mol. The van der Waals surface area contributed by atoms with Crippen molar-refractivity contribution in [3.05, 3.63) is 9.66 Å². The molecule has 52 valence electrons. The normalized spacial score (nSPS) is 11.6. The van der Waals surface area contributed by atoms with Gasteiger partial charge in [0.25, 0.3) is 0 Å². The number of halogens is 1. The molecule has 0 aliphatic heterocycles. The molecule has 0 aromatic carbocycles. The highest BCUT2D eigenvalue weighted by atomic mass is 127. The number of carboxylic acid groups (broad SMARTS) is 1. The predicted molar refractivity (Wildman–Crippen MR) is 41.6 cm³/mol. The second-order valence-electron chi connectivity index (χ2n) is 1.36. The number of hydrogen-bond donors (Lipinski definition) is 1. The van der Waals surface area contributed by atoms with Gasteiger partial charge in [-0.3, -0.25) is 0 Å². The Labute approximate surface area is 66.8 Å². The highest BCUT2D eigenvalue weighted by Crippen LogP contribution is 2.04. The number of carboxylic acids is 1. The summed E-state index contributed by atoms with van der Waals surface area (Å²) in [5.74, 6) is -0.934. The molecule has 4 heteroatoms. The molecular formula is C5H7IO3. The van der Waals surface area contributed by atoms with Gasteiger partial charge in [-0.25, -0.2) is 4.79 Å². The standard InChI is InChI=1S/C5H7IO3/c1-9-3-4(6)2-5(7)8/h2H,3H2,1H3,(H,7,8)/b4-2+. The van der Waals surface area contributed by atoms with E-state index in [1.165, 1.54) is 7.11 Å². The van der Waals surface area contributed by atoms with E-state index in [0.29, 0.717) is 10.2 Å². The van der Waals surface area contributed by atoms with Crippen LogP contribution in [0, 0.1) is 0 Å². The fourth-order valence-electron chi connectivity index (χ4n) is 0.314. The topological polar surface area (TPSA) is 46.5 Å². The molecule has 0 spiro atoms. The van der Waals surface area contributed by atoms with Crippen LogP contribution in [0.3, 0.4) is 0 Å². The molecule has 0 aromatic rings. The Balaban J connectivity index is 3.69. The van der Waals surface area contributed by atoms with Gasteiger partial charge in [-0.05, 0) is 22.6 Å². The maximum absolute atomic E-state index is 9.95. The molecule has 0 saturated carbocycles. The average Bonchev–Trinajstić information content (AvgIpc) is 1.63. The summed E-state index contributed by atoms with van der Waals surface area (Å²) in [6.07, 6.45) is 1.12. The van der Waals surface area contributed by atoms with Crippen LogP contribution >= 0.6 is 22.6 Å². The molecule has 0 aliphatic carbocycles. The van der Waals surface area contributed by atoms with E-state index < -0.39 is 5.97 Å². The number of carbonyl (C=O) groups is 1. The molecular weight excluding hydrogens is 235 g/mol. The third kappa shape index (κ3) is 5.78. The molecule has 0 unspecified atom stereocenters. The first-order valence-electron chi connectivity index (χ1n) is 2.24. The van der Waals surface area contributed by atoms with E-state index >= 15 is 0 Å². The Morgan fingerprint density at radius 3 is 2.78 bits per heavy atom. The lowest BCUT2D eigenvalue weighted by atomic mass is 10.5. The molecule has 3 nitrogen and oxygen atoms in total. The van der Waals surface area contributed by atoms with Gasteiger partial charge in [-0.1, -0.05) is 0 Å². The number of aliphatic carboxylic acids is 1. The quantitative estimate of drug-likeness (QED) is 0.594. The van der Waals surface area contributed by atoms with Gasteiger partial charge in [0.1, 0.15) is 0 Å². The van der Waals surface area contributed by atoms with Crippen LogP contribution < -0.4 is 0 Å². The van der Waals surface area contributed by atoms with Crippen LogP contribution in [0.4, 0.5) is 0 Å². The third-order valence-electron chi connectivity index (χ3n) is 0.562. The molecule has 0 rings (SSSR count). The first kappa shape index (κ1) is 8.90. The van der Waals surface area contributed by atoms with Crippen molar-refractivity contribution in [1.82, 2.24) is 0 Å². The van der Waals surface area contributed by atoms with Crippen molar-refractivity contribution in [3.8, 4) is 0 Å². The minimum atomic E-state index is -0.934. The van der Waals surface area contributed by atoms with E-state index in [2.05, 4.69) is 4.74 Å². The van der Waals surface area contributed by atoms with E-state index in [0.717, 1.165) is 6.08 Å². The summed E-state index contributed by atoms with van der Waals surface area (Å²) in [6, 6.07) is 0. The van der Waals surface area contributed by atoms with E-state index in [-0.39, 0.29) is 0 Å². The first-order valence-corrected chi connectivity index (χ1v) is 3.32. The summed E-state index contributed by atoms with van der Waals surface area (Å²) in [5.41, 5.74) is 0. The molecule has 0 amide bonds. The van der Waals surface area contributed by atoms with Crippen LogP contribution in [0.2, 0.25) is 0 Å². The molecule has 0 heterocycles. The maximum Gasteiger partial charge on any atom is 0.329 e. The summed E-state index contributed by atoms with van der Waals surface area (Å²) in [6.45, 7) is 0.368. The number of rotatable bonds is 3. The summed E-state index contributed by atoms with van der Waals surface area (Å²) >= 11 is 1.91. The highest BCUT2D eigenvalue weighted by Gasteiger charge is 1.92. The molecule has 0 atom stereocenters. The van der Waals surface area contributed by atoms with Gasteiger partial charge in [-0.15, -0.1) is 0 Å². The van der Waals surface area contributed by atoms with Gasteiger partial charge in [0.05, 0.1) is 6.61 Å². The Bertz CT molecular complexity index is 130. The van der Waals surface area contributed by atoms with E-state index in [1.807, 2.05) is 22.6 Å². The molecule has 0 radical (unpaired) electrons. The lowest BCUT2D eigenvalue weighted by molar-refractivity contribution is -0.131. The van der Waals surface area contributed by atoms with Crippen LogP contribution in [0.5, 0.6) is 0 Å². The van der Waals surface area contributed by atoms with Gasteiger partial charge in [0.15, 0.2) is 0 Å². The second kappa shape index (κ2) is 4.75. The molecule has 9 heavy (non-hydrogen) atoms. The number of methoxy groups -OCH3 is 1. The minimum absolute atomic E-state index is 0.368. The van der Waals surface area contributed by atoms with Crippen LogP contribution in [0.25, 0.3) is 0 Å². The lowest BCUT2D eigenvalue weighted by Gasteiger charge is -1.92. The molecule has 0 fully saturated rings. The van der Waals surface area contributed by atoms with Gasteiger partial charge in [0, 0.05) is 16.8 Å². The van der Waals surface area contributed by atoms with Gasteiger partial charge in [0.2, 0.25) is 0 Å². The SMILES string of the molecule is COC/C(I)=C\C(=O)O. The van der Waals surface area contributed by atoms with Crippen LogP contribution in [0.1, 0.15) is 0 Å². The Kier molecular flexibility index (Phi) is 4.70.